The minimum atomic E-state index is -0.701. The van der Waals surface area contributed by atoms with E-state index in [2.05, 4.69) is 21.2 Å². The van der Waals surface area contributed by atoms with Crippen LogP contribution in [0.2, 0.25) is 5.02 Å². The van der Waals surface area contributed by atoms with Crippen LogP contribution in [0.25, 0.3) is 0 Å². The number of nitro benzene ring substituents is 1. The van der Waals surface area contributed by atoms with Crippen LogP contribution in [0, 0.1) is 10.1 Å². The van der Waals surface area contributed by atoms with E-state index in [1.54, 1.807) is 6.07 Å². The third kappa shape index (κ3) is 5.10. The van der Waals surface area contributed by atoms with Gasteiger partial charge in [-0.05, 0) is 35.4 Å². The maximum absolute atomic E-state index is 11.2. The second kappa shape index (κ2) is 9.19. The SMILES string of the molecule is O=[N+]([O-])c1cc(N[C@H](C[C@H](O)c2ccc(Br)cc2)c2ccccc2)ccc1Cl. The smallest absolute Gasteiger partial charge is 0.289 e. The maximum atomic E-state index is 11.2. The number of anilines is 1. The summed E-state index contributed by atoms with van der Waals surface area (Å²) in [6.07, 6.45) is -0.310. The molecule has 144 valence electrons. The number of benzene rings is 3. The van der Waals surface area contributed by atoms with Crippen molar-refractivity contribution in [3.63, 3.8) is 0 Å². The molecule has 0 saturated carbocycles. The van der Waals surface area contributed by atoms with Crippen molar-refractivity contribution in [2.24, 2.45) is 0 Å². The summed E-state index contributed by atoms with van der Waals surface area (Å²) in [5, 5.41) is 25.3. The molecule has 0 amide bonds. The van der Waals surface area contributed by atoms with E-state index in [9.17, 15) is 15.2 Å². The van der Waals surface area contributed by atoms with Crippen LogP contribution in [0.1, 0.15) is 29.7 Å². The zero-order valence-corrected chi connectivity index (χ0v) is 17.1. The number of nitrogens with one attached hydrogen (secondary N) is 1. The van der Waals surface area contributed by atoms with Gasteiger partial charge < -0.3 is 10.4 Å². The fourth-order valence-corrected chi connectivity index (χ4v) is 3.40. The Morgan fingerprint density at radius 2 is 1.71 bits per heavy atom. The largest absolute Gasteiger partial charge is 0.388 e. The quantitative estimate of drug-likeness (QED) is 0.320. The van der Waals surface area contributed by atoms with Crippen LogP contribution in [-0.4, -0.2) is 10.0 Å². The molecule has 0 aliphatic heterocycles. The van der Waals surface area contributed by atoms with E-state index in [-0.39, 0.29) is 16.8 Å². The van der Waals surface area contributed by atoms with Crippen molar-refractivity contribution >= 4 is 38.9 Å². The van der Waals surface area contributed by atoms with Crippen LogP contribution in [0.5, 0.6) is 0 Å². The molecule has 0 bridgehead atoms. The van der Waals surface area contributed by atoms with Gasteiger partial charge in [0.05, 0.1) is 17.1 Å². The Balaban J connectivity index is 1.87. The molecule has 5 nitrogen and oxygen atoms in total. The number of hydrogen-bond acceptors (Lipinski definition) is 4. The highest BCUT2D eigenvalue weighted by atomic mass is 79.9. The first-order chi connectivity index (χ1) is 13.4. The number of aliphatic hydroxyl groups is 1. The van der Waals surface area contributed by atoms with Crippen molar-refractivity contribution in [1.29, 1.82) is 0 Å². The zero-order chi connectivity index (χ0) is 20.1. The molecular formula is C21H18BrClN2O3. The molecule has 28 heavy (non-hydrogen) atoms. The van der Waals surface area contributed by atoms with E-state index in [4.69, 9.17) is 11.6 Å². The van der Waals surface area contributed by atoms with Gasteiger partial charge in [0.25, 0.3) is 5.69 Å². The Kier molecular flexibility index (Phi) is 6.67. The number of halogens is 2. The molecule has 0 unspecified atom stereocenters. The molecule has 2 atom stereocenters. The third-order valence-corrected chi connectivity index (χ3v) is 5.25. The van der Waals surface area contributed by atoms with E-state index < -0.39 is 11.0 Å². The van der Waals surface area contributed by atoms with Gasteiger partial charge in [-0.1, -0.05) is 70.0 Å². The summed E-state index contributed by atoms with van der Waals surface area (Å²) >= 11 is 9.30. The fraction of sp³-hybridized carbons (Fsp3) is 0.143. The van der Waals surface area contributed by atoms with Gasteiger partial charge in [0.15, 0.2) is 0 Å². The van der Waals surface area contributed by atoms with E-state index in [1.165, 1.54) is 12.1 Å². The van der Waals surface area contributed by atoms with Crippen LogP contribution in [0.15, 0.2) is 77.3 Å². The van der Waals surface area contributed by atoms with Crippen molar-refractivity contribution in [2.75, 3.05) is 5.32 Å². The Labute approximate surface area is 176 Å². The minimum Gasteiger partial charge on any atom is -0.388 e. The Morgan fingerprint density at radius 3 is 2.36 bits per heavy atom. The standard InChI is InChI=1S/C21H18BrClN2O3/c22-16-8-6-15(7-9-16)21(26)13-19(14-4-2-1-3-5-14)24-17-10-11-18(23)20(12-17)25(27)28/h1-12,19,21,24,26H,13H2/t19-,21+/m1/s1. The van der Waals surface area contributed by atoms with Gasteiger partial charge in [0.1, 0.15) is 5.02 Å². The Morgan fingerprint density at radius 1 is 1.04 bits per heavy atom. The highest BCUT2D eigenvalue weighted by Crippen LogP contribution is 2.33. The highest BCUT2D eigenvalue weighted by Gasteiger charge is 2.20. The molecule has 3 rings (SSSR count). The first-order valence-corrected chi connectivity index (χ1v) is 9.80. The lowest BCUT2D eigenvalue weighted by atomic mass is 9.96. The predicted molar refractivity (Wildman–Crippen MR) is 115 cm³/mol. The Hall–Kier alpha value is -2.41. The van der Waals surface area contributed by atoms with Crippen LogP contribution < -0.4 is 5.32 Å². The number of hydrogen-bond donors (Lipinski definition) is 2. The van der Waals surface area contributed by atoms with Gasteiger partial charge in [-0.3, -0.25) is 10.1 Å². The third-order valence-electron chi connectivity index (χ3n) is 4.40. The average molecular weight is 462 g/mol. The molecule has 0 radical (unpaired) electrons. The Bertz CT molecular complexity index is 952. The normalized spacial score (nSPS) is 13.0. The number of rotatable bonds is 7. The summed E-state index contributed by atoms with van der Waals surface area (Å²) in [6.45, 7) is 0. The summed E-state index contributed by atoms with van der Waals surface area (Å²) < 4.78 is 0.939. The number of aliphatic hydroxyl groups excluding tert-OH is 1. The highest BCUT2D eigenvalue weighted by molar-refractivity contribution is 9.10. The first kappa shape index (κ1) is 20.3. The minimum absolute atomic E-state index is 0.0849. The monoisotopic (exact) mass is 460 g/mol. The molecule has 0 saturated heterocycles. The van der Waals surface area contributed by atoms with E-state index in [0.717, 1.165) is 15.6 Å². The maximum Gasteiger partial charge on any atom is 0.289 e. The molecular weight excluding hydrogens is 444 g/mol. The summed E-state index contributed by atoms with van der Waals surface area (Å²) in [4.78, 5) is 10.7. The molecule has 0 heterocycles. The van der Waals surface area contributed by atoms with Crippen LogP contribution >= 0.6 is 27.5 Å². The number of nitrogens with zero attached hydrogens (tertiary/aromatic N) is 1. The van der Waals surface area contributed by atoms with Gasteiger partial charge in [0.2, 0.25) is 0 Å². The topological polar surface area (TPSA) is 75.4 Å². The van der Waals surface area contributed by atoms with Crippen molar-refractivity contribution in [2.45, 2.75) is 18.6 Å². The van der Waals surface area contributed by atoms with Crippen molar-refractivity contribution in [3.05, 3.63) is 104 Å². The van der Waals surface area contributed by atoms with Crippen LogP contribution in [0.4, 0.5) is 11.4 Å². The summed E-state index contributed by atoms with van der Waals surface area (Å²) in [6, 6.07) is 21.5. The molecule has 3 aromatic carbocycles. The predicted octanol–water partition coefficient (Wildman–Crippen LogP) is 6.29. The number of nitro groups is 1. The van der Waals surface area contributed by atoms with Gasteiger partial charge in [-0.25, -0.2) is 0 Å². The molecule has 0 aliphatic rings. The summed E-state index contributed by atoms with van der Waals surface area (Å²) in [5.41, 5.74) is 2.17. The molecule has 7 heteroatoms. The summed E-state index contributed by atoms with van der Waals surface area (Å²) in [5.74, 6) is 0. The lowest BCUT2D eigenvalue weighted by Crippen LogP contribution is -2.15. The molecule has 2 N–H and O–H groups in total. The van der Waals surface area contributed by atoms with Crippen LogP contribution in [0.3, 0.4) is 0 Å². The average Bonchev–Trinajstić information content (AvgIpc) is 2.69. The molecule has 3 aromatic rings. The molecule has 0 aliphatic carbocycles. The van der Waals surface area contributed by atoms with Crippen molar-refractivity contribution in [3.8, 4) is 0 Å². The lowest BCUT2D eigenvalue weighted by molar-refractivity contribution is -0.384. The van der Waals surface area contributed by atoms with Crippen LogP contribution in [-0.2, 0) is 0 Å². The van der Waals surface area contributed by atoms with Gasteiger partial charge in [0, 0.05) is 22.6 Å². The molecule has 0 fully saturated rings. The second-order valence-electron chi connectivity index (χ2n) is 6.33. The van der Waals surface area contributed by atoms with Crippen molar-refractivity contribution < 1.29 is 10.0 Å². The van der Waals surface area contributed by atoms with E-state index in [0.29, 0.717) is 12.1 Å². The van der Waals surface area contributed by atoms with Gasteiger partial charge in [-0.15, -0.1) is 0 Å². The fourth-order valence-electron chi connectivity index (χ4n) is 2.95. The lowest BCUT2D eigenvalue weighted by Gasteiger charge is -2.23. The van der Waals surface area contributed by atoms with E-state index in [1.807, 2.05) is 54.6 Å². The van der Waals surface area contributed by atoms with Crippen molar-refractivity contribution in [1.82, 2.24) is 0 Å². The first-order valence-electron chi connectivity index (χ1n) is 8.63. The zero-order valence-electron chi connectivity index (χ0n) is 14.8. The second-order valence-corrected chi connectivity index (χ2v) is 7.66. The van der Waals surface area contributed by atoms with Gasteiger partial charge >= 0.3 is 0 Å². The molecule has 0 spiro atoms. The summed E-state index contributed by atoms with van der Waals surface area (Å²) in [7, 11) is 0. The molecule has 0 aromatic heterocycles. The van der Waals surface area contributed by atoms with Gasteiger partial charge in [-0.2, -0.15) is 0 Å². The van der Waals surface area contributed by atoms with E-state index >= 15 is 0 Å².